The summed E-state index contributed by atoms with van der Waals surface area (Å²) in [6, 6.07) is 11.1. The van der Waals surface area contributed by atoms with Crippen molar-refractivity contribution in [1.29, 1.82) is 0 Å². The standard InChI is InChI=1S/C15H11Cl2N3O/c1-8-4-2-3-5-10(8)14-19-15(21-20-14)9-6-11(16)13(18)12(17)7-9/h2-7H,18H2,1H3. The van der Waals surface area contributed by atoms with E-state index in [0.717, 1.165) is 11.1 Å². The Morgan fingerprint density at radius 2 is 1.76 bits per heavy atom. The molecule has 3 aromatic rings. The van der Waals surface area contributed by atoms with Crippen LogP contribution in [0.3, 0.4) is 0 Å². The van der Waals surface area contributed by atoms with E-state index in [-0.39, 0.29) is 0 Å². The fourth-order valence-electron chi connectivity index (χ4n) is 1.98. The van der Waals surface area contributed by atoms with Gasteiger partial charge in [0.1, 0.15) is 0 Å². The Hall–Kier alpha value is -2.04. The van der Waals surface area contributed by atoms with Crippen LogP contribution in [0.4, 0.5) is 5.69 Å². The molecule has 0 aliphatic heterocycles. The van der Waals surface area contributed by atoms with Gasteiger partial charge in [-0.2, -0.15) is 4.98 Å². The Balaban J connectivity index is 2.05. The zero-order valence-corrected chi connectivity index (χ0v) is 12.6. The molecule has 4 nitrogen and oxygen atoms in total. The molecule has 0 aliphatic rings. The summed E-state index contributed by atoms with van der Waals surface area (Å²) in [7, 11) is 0. The first-order chi connectivity index (χ1) is 10.1. The maximum absolute atomic E-state index is 6.02. The molecule has 6 heteroatoms. The van der Waals surface area contributed by atoms with Gasteiger partial charge < -0.3 is 10.3 Å². The topological polar surface area (TPSA) is 64.9 Å². The van der Waals surface area contributed by atoms with Crippen LogP contribution in [0.5, 0.6) is 0 Å². The van der Waals surface area contributed by atoms with Gasteiger partial charge in [-0.3, -0.25) is 0 Å². The largest absolute Gasteiger partial charge is 0.396 e. The molecule has 0 unspecified atom stereocenters. The predicted molar refractivity (Wildman–Crippen MR) is 84.3 cm³/mol. The van der Waals surface area contributed by atoms with Crippen molar-refractivity contribution in [2.45, 2.75) is 6.92 Å². The van der Waals surface area contributed by atoms with Crippen molar-refractivity contribution in [3.63, 3.8) is 0 Å². The summed E-state index contributed by atoms with van der Waals surface area (Å²) in [4.78, 5) is 4.39. The molecule has 21 heavy (non-hydrogen) atoms. The van der Waals surface area contributed by atoms with Gasteiger partial charge in [-0.25, -0.2) is 0 Å². The molecule has 0 aliphatic carbocycles. The van der Waals surface area contributed by atoms with Crippen LogP contribution >= 0.6 is 23.2 Å². The second-order valence-electron chi connectivity index (χ2n) is 4.59. The Labute approximate surface area is 131 Å². The summed E-state index contributed by atoms with van der Waals surface area (Å²) >= 11 is 12.0. The average molecular weight is 320 g/mol. The van der Waals surface area contributed by atoms with Gasteiger partial charge in [-0.1, -0.05) is 52.6 Å². The molecule has 0 saturated heterocycles. The van der Waals surface area contributed by atoms with Crippen LogP contribution in [0.15, 0.2) is 40.9 Å². The monoisotopic (exact) mass is 319 g/mol. The Morgan fingerprint density at radius 3 is 2.43 bits per heavy atom. The Morgan fingerprint density at radius 1 is 1.10 bits per heavy atom. The summed E-state index contributed by atoms with van der Waals surface area (Å²) in [5.41, 5.74) is 8.66. The average Bonchev–Trinajstić information content (AvgIpc) is 2.94. The maximum Gasteiger partial charge on any atom is 0.258 e. The van der Waals surface area contributed by atoms with E-state index in [2.05, 4.69) is 10.1 Å². The van der Waals surface area contributed by atoms with Gasteiger partial charge in [0.05, 0.1) is 15.7 Å². The van der Waals surface area contributed by atoms with E-state index in [4.69, 9.17) is 33.5 Å². The minimum absolute atomic E-state index is 0.334. The number of aryl methyl sites for hydroxylation is 1. The van der Waals surface area contributed by atoms with Crippen LogP contribution in [0.2, 0.25) is 10.0 Å². The summed E-state index contributed by atoms with van der Waals surface area (Å²) in [6.07, 6.45) is 0. The Kier molecular flexibility index (Phi) is 3.57. The molecule has 3 rings (SSSR count). The van der Waals surface area contributed by atoms with E-state index in [9.17, 15) is 0 Å². The molecule has 1 heterocycles. The van der Waals surface area contributed by atoms with Gasteiger partial charge >= 0.3 is 0 Å². The number of aromatic nitrogens is 2. The molecule has 0 fully saturated rings. The van der Waals surface area contributed by atoms with Crippen molar-refractivity contribution in [2.24, 2.45) is 0 Å². The molecule has 1 aromatic heterocycles. The first kappa shape index (κ1) is 13.9. The van der Waals surface area contributed by atoms with E-state index in [1.54, 1.807) is 12.1 Å². The Bertz CT molecular complexity index is 791. The molecular weight excluding hydrogens is 309 g/mol. The highest BCUT2D eigenvalue weighted by Crippen LogP contribution is 2.33. The number of rotatable bonds is 2. The van der Waals surface area contributed by atoms with Crippen LogP contribution in [0.25, 0.3) is 22.8 Å². The van der Waals surface area contributed by atoms with Gasteiger partial charge in [0.25, 0.3) is 5.89 Å². The summed E-state index contributed by atoms with van der Waals surface area (Å²) in [5.74, 6) is 0.865. The normalized spacial score (nSPS) is 10.8. The summed E-state index contributed by atoms with van der Waals surface area (Å²) in [6.45, 7) is 1.99. The van der Waals surface area contributed by atoms with Crippen molar-refractivity contribution in [2.75, 3.05) is 5.73 Å². The molecule has 0 saturated carbocycles. The van der Waals surface area contributed by atoms with E-state index in [1.807, 2.05) is 31.2 Å². The number of hydrogen-bond acceptors (Lipinski definition) is 4. The van der Waals surface area contributed by atoms with Gasteiger partial charge in [0.15, 0.2) is 0 Å². The highest BCUT2D eigenvalue weighted by molar-refractivity contribution is 6.39. The second kappa shape index (κ2) is 5.39. The lowest BCUT2D eigenvalue weighted by atomic mass is 10.1. The second-order valence-corrected chi connectivity index (χ2v) is 5.41. The van der Waals surface area contributed by atoms with Gasteiger partial charge in [0, 0.05) is 11.1 Å². The molecule has 0 amide bonds. The molecule has 0 spiro atoms. The fraction of sp³-hybridized carbons (Fsp3) is 0.0667. The van der Waals surface area contributed by atoms with Crippen LogP contribution in [-0.2, 0) is 0 Å². The fourth-order valence-corrected chi connectivity index (χ4v) is 2.47. The van der Waals surface area contributed by atoms with Crippen LogP contribution in [-0.4, -0.2) is 10.1 Å². The first-order valence-corrected chi connectivity index (χ1v) is 6.96. The lowest BCUT2D eigenvalue weighted by Gasteiger charge is -2.02. The number of nitrogen functional groups attached to an aromatic ring is 1. The van der Waals surface area contributed by atoms with Crippen molar-refractivity contribution >= 4 is 28.9 Å². The SMILES string of the molecule is Cc1ccccc1-c1noc(-c2cc(Cl)c(N)c(Cl)c2)n1. The minimum atomic E-state index is 0.334. The third-order valence-corrected chi connectivity index (χ3v) is 3.76. The summed E-state index contributed by atoms with van der Waals surface area (Å²) < 4.78 is 5.29. The van der Waals surface area contributed by atoms with Crippen LogP contribution < -0.4 is 5.73 Å². The number of anilines is 1. The lowest BCUT2D eigenvalue weighted by Crippen LogP contribution is -1.89. The lowest BCUT2D eigenvalue weighted by molar-refractivity contribution is 0.432. The van der Waals surface area contributed by atoms with Crippen LogP contribution in [0, 0.1) is 6.92 Å². The van der Waals surface area contributed by atoms with E-state index in [0.29, 0.717) is 33.0 Å². The molecule has 106 valence electrons. The van der Waals surface area contributed by atoms with Gasteiger partial charge in [-0.05, 0) is 24.6 Å². The quantitative estimate of drug-likeness (QED) is 0.701. The molecule has 2 aromatic carbocycles. The zero-order valence-electron chi connectivity index (χ0n) is 11.1. The minimum Gasteiger partial charge on any atom is -0.396 e. The highest BCUT2D eigenvalue weighted by Gasteiger charge is 2.14. The maximum atomic E-state index is 6.02. The highest BCUT2D eigenvalue weighted by atomic mass is 35.5. The van der Waals surface area contributed by atoms with Crippen molar-refractivity contribution in [3.05, 3.63) is 52.0 Å². The first-order valence-electron chi connectivity index (χ1n) is 6.21. The third-order valence-electron chi connectivity index (χ3n) is 3.14. The van der Waals surface area contributed by atoms with E-state index < -0.39 is 0 Å². The summed E-state index contributed by atoms with van der Waals surface area (Å²) in [5, 5.41) is 4.71. The van der Waals surface area contributed by atoms with Crippen molar-refractivity contribution in [3.8, 4) is 22.8 Å². The molecule has 2 N–H and O–H groups in total. The number of nitrogens with two attached hydrogens (primary N) is 1. The number of benzene rings is 2. The van der Waals surface area contributed by atoms with Gasteiger partial charge in [0.2, 0.25) is 5.82 Å². The van der Waals surface area contributed by atoms with Crippen molar-refractivity contribution < 1.29 is 4.52 Å². The van der Waals surface area contributed by atoms with Crippen LogP contribution in [0.1, 0.15) is 5.56 Å². The smallest absolute Gasteiger partial charge is 0.258 e. The molecular formula is C15H11Cl2N3O. The van der Waals surface area contributed by atoms with E-state index in [1.165, 1.54) is 0 Å². The third kappa shape index (κ3) is 2.60. The molecule has 0 atom stereocenters. The number of halogens is 2. The predicted octanol–water partition coefficient (Wildman–Crippen LogP) is 4.60. The van der Waals surface area contributed by atoms with E-state index >= 15 is 0 Å². The zero-order chi connectivity index (χ0) is 15.0. The van der Waals surface area contributed by atoms with Gasteiger partial charge in [-0.15, -0.1) is 0 Å². The number of nitrogens with zero attached hydrogens (tertiary/aromatic N) is 2. The van der Waals surface area contributed by atoms with Crippen molar-refractivity contribution in [1.82, 2.24) is 10.1 Å². The molecule has 0 radical (unpaired) electrons. The number of hydrogen-bond donors (Lipinski definition) is 1. The molecule has 0 bridgehead atoms.